The molecule has 4 aliphatic carbocycles. The smallest absolute Gasteiger partial charge is 0.230 e. The van der Waals surface area contributed by atoms with Crippen LogP contribution >= 0.6 is 0 Å². The van der Waals surface area contributed by atoms with Gasteiger partial charge in [-0.25, -0.2) is 4.98 Å². The van der Waals surface area contributed by atoms with E-state index in [9.17, 15) is 4.79 Å². The number of amides is 1. The van der Waals surface area contributed by atoms with Crippen LogP contribution in [-0.2, 0) is 4.79 Å². The number of benzene rings is 2. The molecule has 4 fully saturated rings. The van der Waals surface area contributed by atoms with Crippen LogP contribution in [0.1, 0.15) is 49.8 Å². The second-order valence-corrected chi connectivity index (χ2v) is 11.1. The molecule has 1 amide bonds. The Balaban J connectivity index is 1.11. The molecule has 4 saturated carbocycles. The van der Waals surface area contributed by atoms with Gasteiger partial charge < -0.3 is 16.0 Å². The number of aromatic nitrogens is 2. The van der Waals surface area contributed by atoms with E-state index < -0.39 is 0 Å². The first-order valence-electron chi connectivity index (χ1n) is 12.8. The standard InChI is InChI=1S/C29H33N5O/c1-18-3-5-25(6-4-18)33-28-30-19(2)11-26(34-28)31-23-7-9-24(10-8-23)32-27(35)29-15-20-12-21(16-29)14-22(13-20)17-29/h3-11,20-22H,12-17H2,1-2H3,(H,32,35)(H2,30,31,33,34). The van der Waals surface area contributed by atoms with Gasteiger partial charge in [0.2, 0.25) is 11.9 Å². The van der Waals surface area contributed by atoms with Crippen LogP contribution in [0, 0.1) is 37.0 Å². The van der Waals surface area contributed by atoms with Crippen molar-refractivity contribution < 1.29 is 4.79 Å². The number of hydrogen-bond acceptors (Lipinski definition) is 5. The van der Waals surface area contributed by atoms with E-state index in [0.29, 0.717) is 5.95 Å². The first-order valence-corrected chi connectivity index (χ1v) is 12.8. The molecule has 4 bridgehead atoms. The highest BCUT2D eigenvalue weighted by atomic mass is 16.2. The molecule has 0 spiro atoms. The van der Waals surface area contributed by atoms with Crippen LogP contribution in [0.25, 0.3) is 0 Å². The van der Waals surface area contributed by atoms with Crippen molar-refractivity contribution in [1.29, 1.82) is 0 Å². The van der Waals surface area contributed by atoms with Crippen LogP contribution in [0.4, 0.5) is 28.8 Å². The number of anilines is 5. The Morgan fingerprint density at radius 2 is 1.31 bits per heavy atom. The van der Waals surface area contributed by atoms with E-state index in [1.807, 2.05) is 49.4 Å². The molecule has 1 heterocycles. The first-order chi connectivity index (χ1) is 16.9. The van der Waals surface area contributed by atoms with Gasteiger partial charge in [-0.2, -0.15) is 4.98 Å². The monoisotopic (exact) mass is 467 g/mol. The summed E-state index contributed by atoms with van der Waals surface area (Å²) in [5.74, 6) is 3.80. The minimum atomic E-state index is -0.134. The van der Waals surface area contributed by atoms with Gasteiger partial charge in [0.1, 0.15) is 5.82 Å². The number of rotatable bonds is 6. The molecule has 6 nitrogen and oxygen atoms in total. The molecule has 2 aromatic carbocycles. The number of nitrogens with one attached hydrogen (secondary N) is 3. The van der Waals surface area contributed by atoms with E-state index in [1.165, 1.54) is 24.8 Å². The van der Waals surface area contributed by atoms with Crippen LogP contribution < -0.4 is 16.0 Å². The third-order valence-corrected chi connectivity index (χ3v) is 8.10. The van der Waals surface area contributed by atoms with Gasteiger partial charge in [-0.15, -0.1) is 0 Å². The molecular weight excluding hydrogens is 434 g/mol. The zero-order chi connectivity index (χ0) is 24.0. The fraction of sp³-hybridized carbons (Fsp3) is 0.414. The number of nitrogens with zero attached hydrogens (tertiary/aromatic N) is 2. The van der Waals surface area contributed by atoms with Crippen LogP contribution in [0.3, 0.4) is 0 Å². The number of carbonyl (C=O) groups excluding carboxylic acids is 1. The second kappa shape index (κ2) is 8.67. The summed E-state index contributed by atoms with van der Waals surface area (Å²) < 4.78 is 0. The van der Waals surface area contributed by atoms with Crippen molar-refractivity contribution in [2.45, 2.75) is 52.4 Å². The highest BCUT2D eigenvalue weighted by Crippen LogP contribution is 2.60. The minimum Gasteiger partial charge on any atom is -0.340 e. The third-order valence-electron chi connectivity index (χ3n) is 8.10. The molecule has 3 N–H and O–H groups in total. The maximum absolute atomic E-state index is 13.3. The summed E-state index contributed by atoms with van der Waals surface area (Å²) in [5, 5.41) is 9.88. The fourth-order valence-electron chi connectivity index (χ4n) is 6.89. The lowest BCUT2D eigenvalue weighted by atomic mass is 9.49. The Morgan fingerprint density at radius 3 is 1.94 bits per heavy atom. The van der Waals surface area contributed by atoms with Gasteiger partial charge in [-0.1, -0.05) is 17.7 Å². The van der Waals surface area contributed by atoms with Crippen LogP contribution in [0.15, 0.2) is 54.6 Å². The van der Waals surface area contributed by atoms with Gasteiger partial charge in [0.25, 0.3) is 0 Å². The molecular formula is C29H33N5O. The van der Waals surface area contributed by atoms with Gasteiger partial charge in [0.15, 0.2) is 0 Å². The summed E-state index contributed by atoms with van der Waals surface area (Å²) in [6.07, 6.45) is 7.27. The summed E-state index contributed by atoms with van der Waals surface area (Å²) in [6.45, 7) is 4.02. The number of carbonyl (C=O) groups is 1. The molecule has 0 radical (unpaired) electrons. The van der Waals surface area contributed by atoms with E-state index >= 15 is 0 Å². The molecule has 0 atom stereocenters. The molecule has 0 saturated heterocycles. The Kier molecular flexibility index (Phi) is 5.47. The van der Waals surface area contributed by atoms with Crippen molar-refractivity contribution >= 4 is 34.7 Å². The molecule has 7 rings (SSSR count). The zero-order valence-electron chi connectivity index (χ0n) is 20.5. The molecule has 1 aromatic heterocycles. The molecule has 0 unspecified atom stereocenters. The number of hydrogen-bond donors (Lipinski definition) is 3. The molecule has 35 heavy (non-hydrogen) atoms. The van der Waals surface area contributed by atoms with Crippen molar-refractivity contribution in [3.8, 4) is 0 Å². The van der Waals surface area contributed by atoms with E-state index in [-0.39, 0.29) is 11.3 Å². The zero-order valence-corrected chi connectivity index (χ0v) is 20.5. The van der Waals surface area contributed by atoms with Crippen LogP contribution in [0.5, 0.6) is 0 Å². The predicted molar refractivity (Wildman–Crippen MR) is 140 cm³/mol. The molecule has 3 aromatic rings. The lowest BCUT2D eigenvalue weighted by Gasteiger charge is -2.55. The Hall–Kier alpha value is -3.41. The predicted octanol–water partition coefficient (Wildman–Crippen LogP) is 6.74. The number of aryl methyl sites for hydroxylation is 2. The SMILES string of the molecule is Cc1ccc(Nc2nc(C)cc(Nc3ccc(NC(=O)C45CC6CC(CC(C6)C4)C5)cc3)n2)cc1. The molecule has 6 heteroatoms. The molecule has 180 valence electrons. The normalized spacial score (nSPS) is 26.4. The van der Waals surface area contributed by atoms with E-state index in [0.717, 1.165) is 65.6 Å². The first kappa shape index (κ1) is 22.1. The minimum absolute atomic E-state index is 0.134. The summed E-state index contributed by atoms with van der Waals surface area (Å²) in [5.41, 5.74) is 4.67. The third kappa shape index (κ3) is 4.62. The summed E-state index contributed by atoms with van der Waals surface area (Å²) in [4.78, 5) is 22.5. The Labute approximate surface area is 207 Å². The summed E-state index contributed by atoms with van der Waals surface area (Å²) in [6, 6.07) is 18.0. The van der Waals surface area contributed by atoms with Gasteiger partial charge in [-0.3, -0.25) is 4.79 Å². The topological polar surface area (TPSA) is 78.9 Å². The average molecular weight is 468 g/mol. The van der Waals surface area contributed by atoms with E-state index in [2.05, 4.69) is 45.0 Å². The van der Waals surface area contributed by atoms with Crippen LogP contribution in [0.2, 0.25) is 0 Å². The van der Waals surface area contributed by atoms with Crippen molar-refractivity contribution in [3.05, 3.63) is 65.9 Å². The van der Waals surface area contributed by atoms with Gasteiger partial charge in [0.05, 0.1) is 5.41 Å². The quantitative estimate of drug-likeness (QED) is 0.374. The molecule has 0 aliphatic heterocycles. The Morgan fingerprint density at radius 1 is 0.771 bits per heavy atom. The largest absolute Gasteiger partial charge is 0.340 e. The van der Waals surface area contributed by atoms with Crippen molar-refractivity contribution in [3.63, 3.8) is 0 Å². The van der Waals surface area contributed by atoms with Crippen molar-refractivity contribution in [1.82, 2.24) is 9.97 Å². The van der Waals surface area contributed by atoms with Crippen molar-refractivity contribution in [2.24, 2.45) is 23.2 Å². The highest BCUT2D eigenvalue weighted by molar-refractivity contribution is 5.95. The lowest BCUT2D eigenvalue weighted by Crippen LogP contribution is -2.51. The molecule has 4 aliphatic rings. The average Bonchev–Trinajstić information content (AvgIpc) is 2.81. The summed E-state index contributed by atoms with van der Waals surface area (Å²) in [7, 11) is 0. The van der Waals surface area contributed by atoms with Gasteiger partial charge in [0, 0.05) is 28.8 Å². The van der Waals surface area contributed by atoms with E-state index in [4.69, 9.17) is 0 Å². The van der Waals surface area contributed by atoms with Gasteiger partial charge in [-0.05, 0) is 107 Å². The van der Waals surface area contributed by atoms with Crippen LogP contribution in [-0.4, -0.2) is 15.9 Å². The maximum Gasteiger partial charge on any atom is 0.230 e. The second-order valence-electron chi connectivity index (χ2n) is 11.1. The van der Waals surface area contributed by atoms with E-state index in [1.54, 1.807) is 0 Å². The lowest BCUT2D eigenvalue weighted by molar-refractivity contribution is -0.140. The highest BCUT2D eigenvalue weighted by Gasteiger charge is 2.54. The van der Waals surface area contributed by atoms with Gasteiger partial charge >= 0.3 is 0 Å². The maximum atomic E-state index is 13.3. The Bertz CT molecular complexity index is 1200. The van der Waals surface area contributed by atoms with Crippen molar-refractivity contribution in [2.75, 3.05) is 16.0 Å². The fourth-order valence-corrected chi connectivity index (χ4v) is 6.89. The summed E-state index contributed by atoms with van der Waals surface area (Å²) >= 11 is 0.